The molecular weight excluding hydrogens is 336 g/mol. The maximum absolute atomic E-state index is 13.3. The van der Waals surface area contributed by atoms with Gasteiger partial charge in [-0.1, -0.05) is 39.7 Å². The summed E-state index contributed by atoms with van der Waals surface area (Å²) in [7, 11) is 0. The van der Waals surface area contributed by atoms with Gasteiger partial charge >= 0.3 is 0 Å². The smallest absolute Gasteiger partial charge is 0.160 e. The van der Waals surface area contributed by atoms with Crippen LogP contribution in [0.15, 0.2) is 34.8 Å². The number of aryl methyl sites for hydroxylation is 1. The van der Waals surface area contributed by atoms with Crippen LogP contribution in [0.2, 0.25) is 5.02 Å². The average molecular weight is 347 g/mol. The van der Waals surface area contributed by atoms with Gasteiger partial charge < -0.3 is 5.73 Å². The van der Waals surface area contributed by atoms with Crippen molar-refractivity contribution in [2.24, 2.45) is 5.73 Å². The molecule has 2 N–H and O–H groups in total. The van der Waals surface area contributed by atoms with E-state index in [9.17, 15) is 8.78 Å². The Morgan fingerprint density at radius 1 is 1.16 bits per heavy atom. The number of rotatable bonds is 2. The Bertz CT molecular complexity index is 631. The van der Waals surface area contributed by atoms with Gasteiger partial charge in [-0.15, -0.1) is 0 Å². The largest absolute Gasteiger partial charge is 0.320 e. The minimum Gasteiger partial charge on any atom is -0.320 e. The Labute approximate surface area is 123 Å². The van der Waals surface area contributed by atoms with Crippen molar-refractivity contribution in [3.63, 3.8) is 0 Å². The normalized spacial score (nSPS) is 12.5. The molecular formula is C14H11BrClF2N. The van der Waals surface area contributed by atoms with E-state index in [0.717, 1.165) is 27.7 Å². The molecule has 0 aliphatic rings. The molecule has 0 bridgehead atoms. The zero-order chi connectivity index (χ0) is 14.2. The summed E-state index contributed by atoms with van der Waals surface area (Å²) in [6, 6.07) is 6.94. The molecule has 0 heterocycles. The Hall–Kier alpha value is -0.970. The van der Waals surface area contributed by atoms with Crippen molar-refractivity contribution in [1.29, 1.82) is 0 Å². The molecule has 5 heteroatoms. The highest BCUT2D eigenvalue weighted by Crippen LogP contribution is 2.30. The third kappa shape index (κ3) is 2.96. The van der Waals surface area contributed by atoms with Gasteiger partial charge in [0.05, 0.1) is 6.04 Å². The van der Waals surface area contributed by atoms with Crippen molar-refractivity contribution < 1.29 is 8.78 Å². The summed E-state index contributed by atoms with van der Waals surface area (Å²) < 4.78 is 27.2. The van der Waals surface area contributed by atoms with Gasteiger partial charge in [-0.25, -0.2) is 8.78 Å². The molecule has 1 atom stereocenters. The van der Waals surface area contributed by atoms with Gasteiger partial charge in [-0.05, 0) is 41.8 Å². The quantitative estimate of drug-likeness (QED) is 0.781. The molecule has 100 valence electrons. The molecule has 0 spiro atoms. The molecule has 1 nitrogen and oxygen atoms in total. The van der Waals surface area contributed by atoms with Crippen LogP contribution in [0.1, 0.15) is 22.7 Å². The molecule has 1 unspecified atom stereocenters. The molecule has 2 rings (SSSR count). The predicted octanol–water partition coefficient (Wildman–Crippen LogP) is 4.74. The molecule has 2 aromatic carbocycles. The van der Waals surface area contributed by atoms with Gasteiger partial charge in [0.1, 0.15) is 0 Å². The highest BCUT2D eigenvalue weighted by molar-refractivity contribution is 9.10. The fourth-order valence-electron chi connectivity index (χ4n) is 1.76. The lowest BCUT2D eigenvalue weighted by Crippen LogP contribution is -2.13. The van der Waals surface area contributed by atoms with Crippen molar-refractivity contribution in [3.8, 4) is 0 Å². The second kappa shape index (κ2) is 5.57. The maximum Gasteiger partial charge on any atom is 0.160 e. The van der Waals surface area contributed by atoms with Crippen molar-refractivity contribution in [2.75, 3.05) is 0 Å². The first-order valence-corrected chi connectivity index (χ1v) is 6.73. The van der Waals surface area contributed by atoms with E-state index < -0.39 is 17.7 Å². The Morgan fingerprint density at radius 3 is 2.42 bits per heavy atom. The fourth-order valence-corrected chi connectivity index (χ4v) is 2.42. The summed E-state index contributed by atoms with van der Waals surface area (Å²) in [5.41, 5.74) is 8.25. The van der Waals surface area contributed by atoms with E-state index in [1.807, 2.05) is 25.1 Å². The van der Waals surface area contributed by atoms with Crippen molar-refractivity contribution >= 4 is 27.5 Å². The SMILES string of the molecule is Cc1ccc(C(N)c2cc(F)c(F)cc2Cl)cc1Br. The summed E-state index contributed by atoms with van der Waals surface area (Å²) in [5.74, 6) is -1.94. The van der Waals surface area contributed by atoms with Gasteiger partial charge in [-0.3, -0.25) is 0 Å². The number of halogens is 4. The van der Waals surface area contributed by atoms with E-state index in [-0.39, 0.29) is 5.02 Å². The topological polar surface area (TPSA) is 26.0 Å². The number of hydrogen-bond donors (Lipinski definition) is 1. The summed E-state index contributed by atoms with van der Waals surface area (Å²) in [5, 5.41) is 0.114. The molecule has 0 fully saturated rings. The minimum absolute atomic E-state index is 0.114. The fraction of sp³-hybridized carbons (Fsp3) is 0.143. The Morgan fingerprint density at radius 2 is 1.79 bits per heavy atom. The van der Waals surface area contributed by atoms with E-state index >= 15 is 0 Å². The van der Waals surface area contributed by atoms with Crippen LogP contribution in [0.25, 0.3) is 0 Å². The van der Waals surface area contributed by atoms with Crippen LogP contribution in [-0.4, -0.2) is 0 Å². The lowest BCUT2D eigenvalue weighted by atomic mass is 9.98. The first-order chi connectivity index (χ1) is 8.90. The van der Waals surface area contributed by atoms with Crippen LogP contribution in [0.4, 0.5) is 8.78 Å². The number of nitrogens with two attached hydrogens (primary N) is 1. The second-order valence-electron chi connectivity index (χ2n) is 4.27. The monoisotopic (exact) mass is 345 g/mol. The zero-order valence-electron chi connectivity index (χ0n) is 10.1. The third-order valence-corrected chi connectivity index (χ3v) is 4.11. The lowest BCUT2D eigenvalue weighted by Gasteiger charge is -2.15. The number of benzene rings is 2. The zero-order valence-corrected chi connectivity index (χ0v) is 12.4. The summed E-state index contributed by atoms with van der Waals surface area (Å²) in [6.45, 7) is 1.95. The number of hydrogen-bond acceptors (Lipinski definition) is 1. The van der Waals surface area contributed by atoms with Crippen LogP contribution in [0.5, 0.6) is 0 Å². The first kappa shape index (κ1) is 14.4. The molecule has 0 saturated heterocycles. The molecule has 0 saturated carbocycles. The molecule has 0 aliphatic heterocycles. The highest BCUT2D eigenvalue weighted by Gasteiger charge is 2.16. The second-order valence-corrected chi connectivity index (χ2v) is 5.54. The van der Waals surface area contributed by atoms with Gasteiger partial charge in [0.2, 0.25) is 0 Å². The minimum atomic E-state index is -0.981. The van der Waals surface area contributed by atoms with Crippen LogP contribution in [0, 0.1) is 18.6 Å². The molecule has 2 aromatic rings. The summed E-state index contributed by atoms with van der Waals surface area (Å²) >= 11 is 9.33. The van der Waals surface area contributed by atoms with Gasteiger partial charge in [0.25, 0.3) is 0 Å². The standard InChI is InChI=1S/C14H11BrClF2N/c1-7-2-3-8(4-10(7)15)14(19)9-5-12(17)13(18)6-11(9)16/h2-6,14H,19H2,1H3. The molecule has 0 aliphatic carbocycles. The first-order valence-electron chi connectivity index (χ1n) is 5.56. The Balaban J connectivity index is 2.46. The maximum atomic E-state index is 13.3. The predicted molar refractivity (Wildman–Crippen MR) is 76.3 cm³/mol. The van der Waals surface area contributed by atoms with E-state index in [0.29, 0.717) is 5.56 Å². The average Bonchev–Trinajstić information content (AvgIpc) is 2.36. The molecule has 0 radical (unpaired) electrons. The molecule has 0 aromatic heterocycles. The van der Waals surface area contributed by atoms with Crippen LogP contribution < -0.4 is 5.73 Å². The van der Waals surface area contributed by atoms with E-state index in [4.69, 9.17) is 17.3 Å². The summed E-state index contributed by atoms with van der Waals surface area (Å²) in [4.78, 5) is 0. The van der Waals surface area contributed by atoms with Crippen molar-refractivity contribution in [1.82, 2.24) is 0 Å². The Kier molecular flexibility index (Phi) is 4.23. The van der Waals surface area contributed by atoms with E-state index in [2.05, 4.69) is 15.9 Å². The van der Waals surface area contributed by atoms with Crippen molar-refractivity contribution in [2.45, 2.75) is 13.0 Å². The van der Waals surface area contributed by atoms with Crippen LogP contribution >= 0.6 is 27.5 Å². The molecule has 0 amide bonds. The molecule has 19 heavy (non-hydrogen) atoms. The van der Waals surface area contributed by atoms with E-state index in [1.54, 1.807) is 0 Å². The van der Waals surface area contributed by atoms with Gasteiger partial charge in [-0.2, -0.15) is 0 Å². The lowest BCUT2D eigenvalue weighted by molar-refractivity contribution is 0.506. The van der Waals surface area contributed by atoms with Crippen LogP contribution in [0.3, 0.4) is 0 Å². The summed E-state index contributed by atoms with van der Waals surface area (Å²) in [6.07, 6.45) is 0. The van der Waals surface area contributed by atoms with Gasteiger partial charge in [0.15, 0.2) is 11.6 Å². The highest BCUT2D eigenvalue weighted by atomic mass is 79.9. The van der Waals surface area contributed by atoms with Crippen molar-refractivity contribution in [3.05, 3.63) is 68.2 Å². The van der Waals surface area contributed by atoms with Crippen LogP contribution in [-0.2, 0) is 0 Å². The van der Waals surface area contributed by atoms with E-state index in [1.165, 1.54) is 0 Å². The van der Waals surface area contributed by atoms with Gasteiger partial charge in [0, 0.05) is 9.50 Å². The third-order valence-electron chi connectivity index (χ3n) is 2.93.